The molecule has 2 aliphatic rings. The Kier molecular flexibility index (Phi) is 4.02. The maximum absolute atomic E-state index is 12.4. The van der Waals surface area contributed by atoms with Crippen molar-refractivity contribution < 1.29 is 8.42 Å². The van der Waals surface area contributed by atoms with Crippen molar-refractivity contribution >= 4 is 10.2 Å². The molecule has 0 radical (unpaired) electrons. The SMILES string of the molecule is CC(C)(C)NS(=O)(=O)N1CCCC1C1CCCN1. The molecule has 2 N–H and O–H groups in total. The molecule has 0 aliphatic carbocycles. The third-order valence-electron chi connectivity index (χ3n) is 3.56. The van der Waals surface area contributed by atoms with Gasteiger partial charge < -0.3 is 5.32 Å². The highest BCUT2D eigenvalue weighted by Gasteiger charge is 2.40. The summed E-state index contributed by atoms with van der Waals surface area (Å²) in [7, 11) is -3.36. The van der Waals surface area contributed by atoms with E-state index in [-0.39, 0.29) is 6.04 Å². The first-order valence-corrected chi connectivity index (χ1v) is 8.28. The number of nitrogens with one attached hydrogen (secondary N) is 2. The summed E-state index contributed by atoms with van der Waals surface area (Å²) in [6.45, 7) is 7.30. The van der Waals surface area contributed by atoms with E-state index in [9.17, 15) is 8.42 Å². The standard InChI is InChI=1S/C12H25N3O2S/c1-12(2,3)14-18(16,17)15-9-5-7-11(15)10-6-4-8-13-10/h10-11,13-14H,4-9H2,1-3H3. The van der Waals surface area contributed by atoms with Crippen molar-refractivity contribution in [1.82, 2.24) is 14.3 Å². The van der Waals surface area contributed by atoms with Gasteiger partial charge in [0.2, 0.25) is 0 Å². The highest BCUT2D eigenvalue weighted by molar-refractivity contribution is 7.87. The molecule has 0 aromatic rings. The lowest BCUT2D eigenvalue weighted by atomic mass is 10.1. The number of hydrogen-bond donors (Lipinski definition) is 2. The molecule has 6 heteroatoms. The fraction of sp³-hybridized carbons (Fsp3) is 1.00. The van der Waals surface area contributed by atoms with Gasteiger partial charge in [0.05, 0.1) is 0 Å². The minimum absolute atomic E-state index is 0.132. The summed E-state index contributed by atoms with van der Waals surface area (Å²) in [5.74, 6) is 0. The molecule has 0 spiro atoms. The third-order valence-corrected chi connectivity index (χ3v) is 5.50. The topological polar surface area (TPSA) is 61.4 Å². The summed E-state index contributed by atoms with van der Waals surface area (Å²) in [6, 6.07) is 0.469. The summed E-state index contributed by atoms with van der Waals surface area (Å²) in [4.78, 5) is 0. The zero-order valence-electron chi connectivity index (χ0n) is 11.6. The molecule has 0 aromatic carbocycles. The zero-order chi connectivity index (χ0) is 13.4. The molecule has 2 saturated heterocycles. The van der Waals surface area contributed by atoms with E-state index in [1.54, 1.807) is 4.31 Å². The Morgan fingerprint density at radius 1 is 1.22 bits per heavy atom. The van der Waals surface area contributed by atoms with Gasteiger partial charge in [0, 0.05) is 24.2 Å². The predicted molar refractivity (Wildman–Crippen MR) is 72.6 cm³/mol. The van der Waals surface area contributed by atoms with Crippen LogP contribution >= 0.6 is 0 Å². The van der Waals surface area contributed by atoms with Crippen LogP contribution in [0.1, 0.15) is 46.5 Å². The molecule has 5 nitrogen and oxygen atoms in total. The highest BCUT2D eigenvalue weighted by Crippen LogP contribution is 2.27. The second-order valence-corrected chi connectivity index (χ2v) is 8.00. The van der Waals surface area contributed by atoms with Crippen LogP contribution < -0.4 is 10.0 Å². The van der Waals surface area contributed by atoms with E-state index >= 15 is 0 Å². The lowest BCUT2D eigenvalue weighted by molar-refractivity contribution is 0.312. The van der Waals surface area contributed by atoms with Gasteiger partial charge in [0.1, 0.15) is 0 Å². The van der Waals surface area contributed by atoms with Crippen LogP contribution in [0.3, 0.4) is 0 Å². The van der Waals surface area contributed by atoms with Gasteiger partial charge >= 0.3 is 0 Å². The fourth-order valence-electron chi connectivity index (χ4n) is 2.95. The summed E-state index contributed by atoms with van der Waals surface area (Å²) in [5.41, 5.74) is -0.422. The quantitative estimate of drug-likeness (QED) is 0.802. The summed E-state index contributed by atoms with van der Waals surface area (Å²) >= 11 is 0. The van der Waals surface area contributed by atoms with E-state index in [1.807, 2.05) is 20.8 Å². The molecular weight excluding hydrogens is 250 g/mol. The average molecular weight is 275 g/mol. The van der Waals surface area contributed by atoms with Gasteiger partial charge in [0.25, 0.3) is 10.2 Å². The number of nitrogens with zero attached hydrogens (tertiary/aromatic N) is 1. The van der Waals surface area contributed by atoms with Crippen molar-refractivity contribution in [2.45, 2.75) is 64.1 Å². The van der Waals surface area contributed by atoms with E-state index in [4.69, 9.17) is 0 Å². The van der Waals surface area contributed by atoms with Crippen LogP contribution in [-0.4, -0.2) is 43.4 Å². The molecule has 106 valence electrons. The maximum Gasteiger partial charge on any atom is 0.280 e. The molecule has 0 saturated carbocycles. The molecule has 2 atom stereocenters. The highest BCUT2D eigenvalue weighted by atomic mass is 32.2. The Labute approximate surface area is 110 Å². The van der Waals surface area contributed by atoms with Crippen LogP contribution in [-0.2, 0) is 10.2 Å². The minimum atomic E-state index is -3.36. The van der Waals surface area contributed by atoms with E-state index in [1.165, 1.54) is 0 Å². The summed E-state index contributed by atoms with van der Waals surface area (Å²) in [5, 5.41) is 3.43. The van der Waals surface area contributed by atoms with Crippen molar-refractivity contribution in [2.24, 2.45) is 0 Å². The summed E-state index contributed by atoms with van der Waals surface area (Å²) < 4.78 is 29.2. The van der Waals surface area contributed by atoms with Crippen LogP contribution in [0.2, 0.25) is 0 Å². The largest absolute Gasteiger partial charge is 0.312 e. The monoisotopic (exact) mass is 275 g/mol. The minimum Gasteiger partial charge on any atom is -0.312 e. The van der Waals surface area contributed by atoms with Crippen molar-refractivity contribution in [3.8, 4) is 0 Å². The van der Waals surface area contributed by atoms with Crippen molar-refractivity contribution in [1.29, 1.82) is 0 Å². The van der Waals surface area contributed by atoms with Crippen molar-refractivity contribution in [3.05, 3.63) is 0 Å². The van der Waals surface area contributed by atoms with E-state index in [0.29, 0.717) is 12.6 Å². The normalized spacial score (nSPS) is 31.1. The van der Waals surface area contributed by atoms with Crippen molar-refractivity contribution in [3.63, 3.8) is 0 Å². The molecule has 18 heavy (non-hydrogen) atoms. The smallest absolute Gasteiger partial charge is 0.280 e. The second-order valence-electron chi connectivity index (χ2n) is 6.38. The Morgan fingerprint density at radius 3 is 2.50 bits per heavy atom. The molecule has 0 bridgehead atoms. The molecule has 2 unspecified atom stereocenters. The van der Waals surface area contributed by atoms with Crippen LogP contribution in [0.4, 0.5) is 0 Å². The fourth-order valence-corrected chi connectivity index (χ4v) is 4.82. The lowest BCUT2D eigenvalue weighted by Crippen LogP contribution is -2.54. The van der Waals surface area contributed by atoms with Gasteiger partial charge in [-0.1, -0.05) is 0 Å². The Balaban J connectivity index is 2.10. The predicted octanol–water partition coefficient (Wildman–Crippen LogP) is 0.836. The van der Waals surface area contributed by atoms with E-state index in [2.05, 4.69) is 10.0 Å². The Hall–Kier alpha value is -0.170. The first-order valence-electron chi connectivity index (χ1n) is 6.84. The number of rotatable bonds is 3. The third kappa shape index (κ3) is 3.23. The van der Waals surface area contributed by atoms with Gasteiger partial charge in [-0.2, -0.15) is 17.4 Å². The Bertz CT molecular complexity index is 383. The van der Waals surface area contributed by atoms with E-state index in [0.717, 1.165) is 32.2 Å². The zero-order valence-corrected chi connectivity index (χ0v) is 12.4. The molecule has 2 aliphatic heterocycles. The van der Waals surface area contributed by atoms with Crippen LogP contribution in [0, 0.1) is 0 Å². The number of hydrogen-bond acceptors (Lipinski definition) is 3. The first-order chi connectivity index (χ1) is 8.30. The van der Waals surface area contributed by atoms with Gasteiger partial charge in [-0.05, 0) is 53.0 Å². The van der Waals surface area contributed by atoms with Crippen molar-refractivity contribution in [2.75, 3.05) is 13.1 Å². The maximum atomic E-state index is 12.4. The molecule has 2 fully saturated rings. The van der Waals surface area contributed by atoms with Gasteiger partial charge in [0.15, 0.2) is 0 Å². The molecular formula is C12H25N3O2S. The Morgan fingerprint density at radius 2 is 1.94 bits per heavy atom. The van der Waals surface area contributed by atoms with Crippen LogP contribution in [0.25, 0.3) is 0 Å². The van der Waals surface area contributed by atoms with Gasteiger partial charge in [-0.3, -0.25) is 0 Å². The first kappa shape index (κ1) is 14.2. The summed E-state index contributed by atoms with van der Waals surface area (Å²) in [6.07, 6.45) is 4.19. The van der Waals surface area contributed by atoms with Gasteiger partial charge in [-0.25, -0.2) is 0 Å². The van der Waals surface area contributed by atoms with Gasteiger partial charge in [-0.15, -0.1) is 0 Å². The molecule has 0 amide bonds. The second kappa shape index (κ2) is 5.07. The van der Waals surface area contributed by atoms with E-state index < -0.39 is 15.7 Å². The van der Waals surface area contributed by atoms with Crippen LogP contribution in [0.5, 0.6) is 0 Å². The van der Waals surface area contributed by atoms with Crippen LogP contribution in [0.15, 0.2) is 0 Å². The average Bonchev–Trinajstić information content (AvgIpc) is 2.85. The molecule has 2 rings (SSSR count). The molecule has 2 heterocycles. The molecule has 0 aromatic heterocycles. The lowest BCUT2D eigenvalue weighted by Gasteiger charge is -2.31.